The predicted octanol–water partition coefficient (Wildman–Crippen LogP) is 2.04. The Morgan fingerprint density at radius 3 is 2.87 bits per heavy atom. The number of carbonyl (C=O) groups is 1. The normalized spacial score (nSPS) is 16.4. The van der Waals surface area contributed by atoms with Gasteiger partial charge < -0.3 is 25.3 Å². The van der Waals surface area contributed by atoms with Gasteiger partial charge in [0.25, 0.3) is 11.5 Å². The van der Waals surface area contributed by atoms with Crippen molar-refractivity contribution in [3.8, 4) is 0 Å². The van der Waals surface area contributed by atoms with Gasteiger partial charge in [0.1, 0.15) is 22.9 Å². The summed E-state index contributed by atoms with van der Waals surface area (Å²) >= 11 is 6.29. The van der Waals surface area contributed by atoms with Gasteiger partial charge in [-0.15, -0.1) is 0 Å². The zero-order chi connectivity index (χ0) is 21.3. The Labute approximate surface area is 177 Å². The first-order valence-electron chi connectivity index (χ1n) is 9.57. The SMILES string of the molecule is CNC(=O)c1cnn2c(NC)cc(Nc3cc(Cl)cn(C4CCCOC4)c3=O)nc12. The van der Waals surface area contributed by atoms with Crippen LogP contribution >= 0.6 is 11.6 Å². The maximum atomic E-state index is 13.1. The lowest BCUT2D eigenvalue weighted by molar-refractivity contribution is 0.0581. The summed E-state index contributed by atoms with van der Waals surface area (Å²) in [7, 11) is 3.27. The molecular weight excluding hydrogens is 410 g/mol. The third-order valence-electron chi connectivity index (χ3n) is 5.00. The van der Waals surface area contributed by atoms with Crippen LogP contribution in [-0.2, 0) is 4.74 Å². The van der Waals surface area contributed by atoms with Crippen LogP contribution in [-0.4, -0.2) is 52.4 Å². The average Bonchev–Trinajstić information content (AvgIpc) is 3.19. The fraction of sp³-hybridized carbons (Fsp3) is 0.368. The molecule has 1 aliphatic rings. The van der Waals surface area contributed by atoms with Crippen LogP contribution < -0.4 is 21.5 Å². The molecule has 4 rings (SSSR count). The van der Waals surface area contributed by atoms with Gasteiger partial charge >= 0.3 is 0 Å². The first-order chi connectivity index (χ1) is 14.5. The molecule has 0 radical (unpaired) electrons. The number of amides is 1. The molecule has 1 fully saturated rings. The molecule has 0 spiro atoms. The molecule has 158 valence electrons. The number of aromatic nitrogens is 4. The second-order valence-corrected chi connectivity index (χ2v) is 7.37. The molecule has 0 saturated carbocycles. The molecule has 30 heavy (non-hydrogen) atoms. The number of nitrogens with one attached hydrogen (secondary N) is 3. The van der Waals surface area contributed by atoms with Crippen LogP contribution in [0, 0.1) is 0 Å². The van der Waals surface area contributed by atoms with Crippen LogP contribution in [0.2, 0.25) is 5.02 Å². The number of ether oxygens (including phenoxy) is 1. The molecule has 3 aromatic heterocycles. The highest BCUT2D eigenvalue weighted by Crippen LogP contribution is 2.24. The zero-order valence-electron chi connectivity index (χ0n) is 16.6. The molecule has 1 atom stereocenters. The number of halogens is 1. The Kier molecular flexibility index (Phi) is 5.60. The number of anilines is 3. The van der Waals surface area contributed by atoms with Gasteiger partial charge in [-0.25, -0.2) is 4.98 Å². The van der Waals surface area contributed by atoms with E-state index in [1.807, 2.05) is 0 Å². The summed E-state index contributed by atoms with van der Waals surface area (Å²) in [5, 5.41) is 13.3. The molecule has 4 heterocycles. The number of pyridine rings is 1. The quantitative estimate of drug-likeness (QED) is 0.566. The number of hydrogen-bond acceptors (Lipinski definition) is 7. The molecule has 1 unspecified atom stereocenters. The van der Waals surface area contributed by atoms with Gasteiger partial charge in [-0.1, -0.05) is 11.6 Å². The molecule has 0 bridgehead atoms. The summed E-state index contributed by atoms with van der Waals surface area (Å²) in [4.78, 5) is 29.7. The first kappa shape index (κ1) is 20.2. The van der Waals surface area contributed by atoms with Crippen molar-refractivity contribution in [1.82, 2.24) is 24.5 Å². The van der Waals surface area contributed by atoms with E-state index >= 15 is 0 Å². The lowest BCUT2D eigenvalue weighted by atomic mass is 10.1. The molecule has 1 saturated heterocycles. The highest BCUT2D eigenvalue weighted by Gasteiger charge is 2.20. The Morgan fingerprint density at radius 2 is 2.17 bits per heavy atom. The second kappa shape index (κ2) is 8.33. The number of rotatable bonds is 5. The fourth-order valence-electron chi connectivity index (χ4n) is 3.51. The maximum absolute atomic E-state index is 13.1. The number of carbonyl (C=O) groups excluding carboxylic acids is 1. The largest absolute Gasteiger partial charge is 0.379 e. The van der Waals surface area contributed by atoms with Gasteiger partial charge in [-0.2, -0.15) is 9.61 Å². The van der Waals surface area contributed by atoms with Crippen LogP contribution in [0.1, 0.15) is 29.2 Å². The lowest BCUT2D eigenvalue weighted by Crippen LogP contribution is -2.31. The van der Waals surface area contributed by atoms with Gasteiger partial charge in [0, 0.05) is 33.0 Å². The van der Waals surface area contributed by atoms with E-state index in [9.17, 15) is 9.59 Å². The summed E-state index contributed by atoms with van der Waals surface area (Å²) in [6.07, 6.45) is 4.81. The summed E-state index contributed by atoms with van der Waals surface area (Å²) in [6.45, 7) is 1.17. The summed E-state index contributed by atoms with van der Waals surface area (Å²) in [5.74, 6) is 0.670. The van der Waals surface area contributed by atoms with Crippen molar-refractivity contribution >= 4 is 40.5 Å². The minimum Gasteiger partial charge on any atom is -0.379 e. The van der Waals surface area contributed by atoms with Crippen molar-refractivity contribution in [3.63, 3.8) is 0 Å². The van der Waals surface area contributed by atoms with E-state index in [0.29, 0.717) is 41.1 Å². The first-order valence-corrected chi connectivity index (χ1v) is 9.94. The summed E-state index contributed by atoms with van der Waals surface area (Å²) in [5.41, 5.74) is 0.739. The minimum atomic E-state index is -0.306. The molecule has 10 nitrogen and oxygen atoms in total. The van der Waals surface area contributed by atoms with Crippen molar-refractivity contribution in [3.05, 3.63) is 45.5 Å². The standard InChI is InChI=1S/C19H22ClN7O3/c1-21-16-7-15(25-17-13(18(28)22-2)8-23-27(16)17)24-14-6-11(20)9-26(19(14)29)12-4-3-5-30-10-12/h6-9,12,21H,3-5,10H2,1-2H3,(H,22,28)(H,24,25). The highest BCUT2D eigenvalue weighted by molar-refractivity contribution is 6.30. The molecule has 3 aromatic rings. The van der Waals surface area contributed by atoms with Gasteiger partial charge in [-0.3, -0.25) is 9.59 Å². The van der Waals surface area contributed by atoms with E-state index in [-0.39, 0.29) is 23.2 Å². The molecule has 11 heteroatoms. The summed E-state index contributed by atoms with van der Waals surface area (Å²) in [6, 6.07) is 3.19. The molecule has 3 N–H and O–H groups in total. The van der Waals surface area contributed by atoms with E-state index in [1.165, 1.54) is 17.8 Å². The van der Waals surface area contributed by atoms with Gasteiger partial charge in [0.15, 0.2) is 5.65 Å². The smallest absolute Gasteiger partial charge is 0.274 e. The van der Waals surface area contributed by atoms with Gasteiger partial charge in [0.2, 0.25) is 0 Å². The minimum absolute atomic E-state index is 0.0662. The van der Waals surface area contributed by atoms with Crippen LogP contribution in [0.25, 0.3) is 5.65 Å². The molecule has 0 aliphatic carbocycles. The van der Waals surface area contributed by atoms with Crippen molar-refractivity contribution in [2.24, 2.45) is 0 Å². The Hall–Kier alpha value is -3.11. The number of hydrogen-bond donors (Lipinski definition) is 3. The predicted molar refractivity (Wildman–Crippen MR) is 114 cm³/mol. The monoisotopic (exact) mass is 431 g/mol. The van der Waals surface area contributed by atoms with E-state index < -0.39 is 0 Å². The number of fused-ring (bicyclic) bond motifs is 1. The van der Waals surface area contributed by atoms with E-state index in [0.717, 1.165) is 12.8 Å². The maximum Gasteiger partial charge on any atom is 0.274 e. The number of nitrogens with zero attached hydrogens (tertiary/aromatic N) is 4. The van der Waals surface area contributed by atoms with Crippen LogP contribution in [0.3, 0.4) is 0 Å². The average molecular weight is 432 g/mol. The Balaban J connectivity index is 1.76. The molecule has 1 aliphatic heterocycles. The van der Waals surface area contributed by atoms with E-state index in [2.05, 4.69) is 26.0 Å². The van der Waals surface area contributed by atoms with Crippen molar-refractivity contribution in [1.29, 1.82) is 0 Å². The van der Waals surface area contributed by atoms with Gasteiger partial charge in [0.05, 0.1) is 23.9 Å². The van der Waals surface area contributed by atoms with Crippen LogP contribution in [0.4, 0.5) is 17.3 Å². The van der Waals surface area contributed by atoms with E-state index in [1.54, 1.807) is 29.9 Å². The van der Waals surface area contributed by atoms with Crippen molar-refractivity contribution in [2.45, 2.75) is 18.9 Å². The van der Waals surface area contributed by atoms with Gasteiger partial charge in [-0.05, 0) is 18.9 Å². The molecule has 0 aromatic carbocycles. The van der Waals surface area contributed by atoms with Crippen LogP contribution in [0.5, 0.6) is 0 Å². The summed E-state index contributed by atoms with van der Waals surface area (Å²) < 4.78 is 8.64. The Morgan fingerprint density at radius 1 is 1.33 bits per heavy atom. The third kappa shape index (κ3) is 3.71. The molecular formula is C19H22ClN7O3. The van der Waals surface area contributed by atoms with Crippen LogP contribution in [0.15, 0.2) is 29.3 Å². The lowest BCUT2D eigenvalue weighted by Gasteiger charge is -2.25. The van der Waals surface area contributed by atoms with Crippen molar-refractivity contribution in [2.75, 3.05) is 37.9 Å². The van der Waals surface area contributed by atoms with E-state index in [4.69, 9.17) is 16.3 Å². The zero-order valence-corrected chi connectivity index (χ0v) is 17.4. The second-order valence-electron chi connectivity index (χ2n) is 6.93. The fourth-order valence-corrected chi connectivity index (χ4v) is 3.72. The third-order valence-corrected chi connectivity index (χ3v) is 5.21. The van der Waals surface area contributed by atoms with Crippen molar-refractivity contribution < 1.29 is 9.53 Å². The Bertz CT molecular complexity index is 1150. The highest BCUT2D eigenvalue weighted by atomic mass is 35.5. The molecule has 1 amide bonds. The topological polar surface area (TPSA) is 115 Å².